The van der Waals surface area contributed by atoms with Crippen LogP contribution in [-0.2, 0) is 13.6 Å². The Labute approximate surface area is 168 Å². The molecule has 0 spiro atoms. The minimum absolute atomic E-state index is 0.0965. The number of nitrogen functional groups attached to an aromatic ring is 1. The standard InChI is InChI=1S/C12H18N6O3.C3H4N4O2/c1-16-9-8(10(20)15-12(16)21)18(6-7-19)11(14-9)17-4-2-13-3-5-17;4-3-5-1(2(8)9)6-7-3/h13,19H,2-7H2,1H3,(H,15,20,21);(H,8,9)(H3,4,5,6,7). The van der Waals surface area contributed by atoms with Gasteiger partial charge in [0.15, 0.2) is 17.0 Å². The molecular weight excluding hydrogens is 400 g/mol. The van der Waals surface area contributed by atoms with Crippen LogP contribution in [0.25, 0.3) is 11.2 Å². The number of imidazole rings is 1. The number of hydrogen-bond donors (Lipinski definition) is 5. The average Bonchev–Trinajstić information content (AvgIpc) is 3.32. The number of piperazine rings is 1. The number of carboxylic acids is 1. The van der Waals surface area contributed by atoms with E-state index in [1.165, 1.54) is 4.57 Å². The van der Waals surface area contributed by atoms with Crippen molar-refractivity contribution in [2.24, 2.45) is 7.05 Å². The number of H-pyrrole nitrogens is 2. The van der Waals surface area contributed by atoms with Gasteiger partial charge in [-0.05, 0) is 0 Å². The Balaban J connectivity index is 0.000000239. The van der Waals surface area contributed by atoms with Crippen LogP contribution in [0.5, 0.6) is 0 Å². The summed E-state index contributed by atoms with van der Waals surface area (Å²) >= 11 is 0. The number of nitrogens with zero attached hydrogens (tertiary/aromatic N) is 6. The van der Waals surface area contributed by atoms with E-state index in [0.717, 1.165) is 26.2 Å². The number of hydrogen-bond acceptors (Lipinski definition) is 10. The summed E-state index contributed by atoms with van der Waals surface area (Å²) < 4.78 is 3.02. The molecule has 0 unspecified atom stereocenters. The molecule has 1 aliphatic rings. The van der Waals surface area contributed by atoms with E-state index in [9.17, 15) is 24.6 Å². The topological polar surface area (TPSA) is 220 Å². The second-order valence-electron chi connectivity index (χ2n) is 6.46. The smallest absolute Gasteiger partial charge is 0.329 e. The van der Waals surface area contributed by atoms with Crippen molar-refractivity contribution in [1.82, 2.24) is 34.3 Å². The van der Waals surface area contributed by atoms with Crippen molar-refractivity contribution >= 4 is 29.0 Å². The second kappa shape index (κ2) is 8.75. The molecule has 0 aliphatic carbocycles. The number of carboxylic acid groups (broad SMARTS) is 1. The zero-order valence-electron chi connectivity index (χ0n) is 16.2. The summed E-state index contributed by atoms with van der Waals surface area (Å²) in [7, 11) is 1.57. The number of anilines is 2. The number of quaternary nitrogens is 1. The molecule has 7 N–H and O–H groups in total. The lowest BCUT2D eigenvalue weighted by atomic mass is 10.4. The van der Waals surface area contributed by atoms with Crippen molar-refractivity contribution in [3.05, 3.63) is 26.7 Å². The first-order valence-corrected chi connectivity index (χ1v) is 9.09. The Hall–Kier alpha value is -3.72. The predicted octanol–water partition coefficient (Wildman–Crippen LogP) is -5.45. The summed E-state index contributed by atoms with van der Waals surface area (Å²) in [6.07, 6.45) is 0. The Kier molecular flexibility index (Phi) is 6.12. The molecule has 3 aromatic rings. The van der Waals surface area contributed by atoms with Crippen molar-refractivity contribution < 1.29 is 20.3 Å². The SMILES string of the molecule is Cn1c(=O)[nH]c(=O)c2c1nc(N1CC[NH2+]CC1)n2CCO.Nc1n[nH]c(C(=O)[O-])n1. The second-order valence-corrected chi connectivity index (χ2v) is 6.46. The highest BCUT2D eigenvalue weighted by atomic mass is 16.4. The number of rotatable bonds is 4. The molecule has 0 atom stereocenters. The van der Waals surface area contributed by atoms with E-state index >= 15 is 0 Å². The lowest BCUT2D eigenvalue weighted by Gasteiger charge is -2.26. The van der Waals surface area contributed by atoms with Crippen LogP contribution in [0.2, 0.25) is 0 Å². The van der Waals surface area contributed by atoms with Gasteiger partial charge in [0.1, 0.15) is 5.97 Å². The van der Waals surface area contributed by atoms with Crippen molar-refractivity contribution in [2.45, 2.75) is 6.54 Å². The van der Waals surface area contributed by atoms with E-state index in [0.29, 0.717) is 17.1 Å². The maximum Gasteiger partial charge on any atom is 0.329 e. The average molecular weight is 422 g/mol. The molecule has 3 aromatic heterocycles. The molecule has 0 amide bonds. The largest absolute Gasteiger partial charge is 0.542 e. The van der Waals surface area contributed by atoms with Gasteiger partial charge in [-0.25, -0.2) is 4.79 Å². The first kappa shape index (κ1) is 21.0. The highest BCUT2D eigenvalue weighted by molar-refractivity contribution is 5.81. The molecule has 1 aliphatic heterocycles. The molecule has 4 heterocycles. The highest BCUT2D eigenvalue weighted by Crippen LogP contribution is 2.19. The normalized spacial score (nSPS) is 13.9. The van der Waals surface area contributed by atoms with Gasteiger partial charge in [0.2, 0.25) is 11.9 Å². The molecule has 0 bridgehead atoms. The number of aliphatic hydroxyl groups excluding tert-OH is 1. The monoisotopic (exact) mass is 422 g/mol. The van der Waals surface area contributed by atoms with Crippen LogP contribution in [0.1, 0.15) is 10.6 Å². The Bertz CT molecular complexity index is 1150. The van der Waals surface area contributed by atoms with Gasteiger partial charge < -0.3 is 35.5 Å². The fourth-order valence-corrected chi connectivity index (χ4v) is 3.09. The zero-order valence-corrected chi connectivity index (χ0v) is 16.2. The van der Waals surface area contributed by atoms with Gasteiger partial charge in [-0.15, -0.1) is 5.10 Å². The summed E-state index contributed by atoms with van der Waals surface area (Å²) in [5.41, 5.74) is 4.69. The molecule has 0 radical (unpaired) electrons. The highest BCUT2D eigenvalue weighted by Gasteiger charge is 2.23. The van der Waals surface area contributed by atoms with Gasteiger partial charge in [0.05, 0.1) is 32.8 Å². The fourth-order valence-electron chi connectivity index (χ4n) is 3.09. The molecule has 4 rings (SSSR count). The van der Waals surface area contributed by atoms with Crippen molar-refractivity contribution in [3.8, 4) is 0 Å². The van der Waals surface area contributed by atoms with Crippen molar-refractivity contribution in [1.29, 1.82) is 0 Å². The maximum absolute atomic E-state index is 12.1. The van der Waals surface area contributed by atoms with Crippen LogP contribution in [0.4, 0.5) is 11.9 Å². The molecule has 15 heteroatoms. The molecule has 0 aromatic carbocycles. The summed E-state index contributed by atoms with van der Waals surface area (Å²) in [6.45, 7) is 3.73. The number of nitrogens with two attached hydrogens (primary N) is 2. The molecule has 0 saturated carbocycles. The molecule has 15 nitrogen and oxygen atoms in total. The van der Waals surface area contributed by atoms with Gasteiger partial charge in [0, 0.05) is 13.6 Å². The Morgan fingerprint density at radius 1 is 1.30 bits per heavy atom. The first-order valence-electron chi connectivity index (χ1n) is 9.09. The van der Waals surface area contributed by atoms with Crippen molar-refractivity contribution in [3.63, 3.8) is 0 Å². The summed E-state index contributed by atoms with van der Waals surface area (Å²) in [5, 5.41) is 26.7. The van der Waals surface area contributed by atoms with E-state index in [4.69, 9.17) is 5.73 Å². The Morgan fingerprint density at radius 2 is 2.00 bits per heavy atom. The number of carbonyl (C=O) groups is 1. The van der Waals surface area contributed by atoms with Gasteiger partial charge in [-0.3, -0.25) is 19.4 Å². The van der Waals surface area contributed by atoms with E-state index in [1.54, 1.807) is 11.6 Å². The Morgan fingerprint density at radius 3 is 2.53 bits per heavy atom. The van der Waals surface area contributed by atoms with Gasteiger partial charge in [-0.2, -0.15) is 9.97 Å². The molecular formula is C15H22N10O5. The van der Waals surface area contributed by atoms with Crippen LogP contribution >= 0.6 is 0 Å². The van der Waals surface area contributed by atoms with Crippen LogP contribution in [-0.4, -0.2) is 78.1 Å². The predicted molar refractivity (Wildman–Crippen MR) is 102 cm³/mol. The maximum atomic E-state index is 12.1. The van der Waals surface area contributed by atoms with Crippen molar-refractivity contribution in [2.75, 3.05) is 43.4 Å². The third-order valence-corrected chi connectivity index (χ3v) is 4.50. The third kappa shape index (κ3) is 4.15. The van der Waals surface area contributed by atoms with Gasteiger partial charge >= 0.3 is 5.69 Å². The number of aliphatic hydroxyl groups is 1. The van der Waals surface area contributed by atoms with E-state index in [2.05, 4.69) is 35.4 Å². The summed E-state index contributed by atoms with van der Waals surface area (Å²) in [4.78, 5) is 45.8. The third-order valence-electron chi connectivity index (χ3n) is 4.50. The quantitative estimate of drug-likeness (QED) is 0.268. The van der Waals surface area contributed by atoms with Crippen LogP contribution < -0.4 is 32.3 Å². The lowest BCUT2D eigenvalue weighted by Crippen LogP contribution is -2.89. The van der Waals surface area contributed by atoms with Gasteiger partial charge in [0.25, 0.3) is 5.56 Å². The summed E-state index contributed by atoms with van der Waals surface area (Å²) in [6, 6.07) is 0. The number of aromatic amines is 2. The number of aryl methyl sites for hydroxylation is 1. The van der Waals surface area contributed by atoms with Crippen LogP contribution in [0, 0.1) is 0 Å². The number of aromatic carboxylic acids is 1. The van der Waals surface area contributed by atoms with E-state index < -0.39 is 17.2 Å². The van der Waals surface area contributed by atoms with E-state index in [1.807, 2.05) is 0 Å². The molecule has 30 heavy (non-hydrogen) atoms. The molecule has 1 fully saturated rings. The van der Waals surface area contributed by atoms with E-state index in [-0.39, 0.29) is 24.9 Å². The number of fused-ring (bicyclic) bond motifs is 1. The number of aromatic nitrogens is 7. The molecule has 162 valence electrons. The lowest BCUT2D eigenvalue weighted by molar-refractivity contribution is -0.655. The summed E-state index contributed by atoms with van der Waals surface area (Å²) in [5.74, 6) is -1.24. The molecule has 1 saturated heterocycles. The number of nitrogens with one attached hydrogen (secondary N) is 2. The minimum atomic E-state index is -1.42. The zero-order chi connectivity index (χ0) is 21.8. The first-order chi connectivity index (χ1) is 14.3. The van der Waals surface area contributed by atoms with Crippen LogP contribution in [0.3, 0.4) is 0 Å². The van der Waals surface area contributed by atoms with Crippen LogP contribution in [0.15, 0.2) is 9.59 Å². The minimum Gasteiger partial charge on any atom is -0.542 e. The van der Waals surface area contributed by atoms with Gasteiger partial charge in [-0.1, -0.05) is 0 Å². The number of carbonyl (C=O) groups excluding carboxylic acids is 1. The fraction of sp³-hybridized carbons (Fsp3) is 0.467.